The monoisotopic (exact) mass is 198 g/mol. The van der Waals surface area contributed by atoms with Crippen LogP contribution < -0.4 is 5.32 Å². The van der Waals surface area contributed by atoms with Crippen LogP contribution in [0.1, 0.15) is 32.6 Å². The van der Waals surface area contributed by atoms with E-state index in [9.17, 15) is 9.90 Å². The number of carbonyl (C=O) groups is 1. The Morgan fingerprint density at radius 3 is 2.50 bits per heavy atom. The second-order valence-electron chi connectivity index (χ2n) is 4.47. The average Bonchev–Trinajstić information content (AvgIpc) is 2.47. The molecule has 1 unspecified atom stereocenters. The van der Waals surface area contributed by atoms with Gasteiger partial charge in [-0.05, 0) is 32.6 Å². The number of hydrogen-bond acceptors (Lipinski definition) is 2. The van der Waals surface area contributed by atoms with Gasteiger partial charge in [0.05, 0.1) is 6.10 Å². The summed E-state index contributed by atoms with van der Waals surface area (Å²) < 4.78 is 0. The number of rotatable bonds is 1. The highest BCUT2D eigenvalue weighted by Crippen LogP contribution is 2.24. The number of urea groups is 1. The first-order valence-electron chi connectivity index (χ1n) is 5.42. The van der Waals surface area contributed by atoms with Crippen LogP contribution in [0.3, 0.4) is 0 Å². The smallest absolute Gasteiger partial charge is 0.317 e. The quantitative estimate of drug-likeness (QED) is 0.651. The van der Waals surface area contributed by atoms with E-state index < -0.39 is 0 Å². The van der Waals surface area contributed by atoms with Gasteiger partial charge < -0.3 is 15.3 Å². The molecule has 0 aromatic rings. The molecule has 0 aromatic heterocycles. The van der Waals surface area contributed by atoms with E-state index in [1.807, 2.05) is 11.8 Å². The van der Waals surface area contributed by atoms with Crippen molar-refractivity contribution in [1.82, 2.24) is 10.2 Å². The van der Waals surface area contributed by atoms with Crippen LogP contribution in [0.15, 0.2) is 0 Å². The van der Waals surface area contributed by atoms with Crippen molar-refractivity contribution in [2.24, 2.45) is 0 Å². The molecular weight excluding hydrogens is 180 g/mol. The van der Waals surface area contributed by atoms with Crippen LogP contribution in [0.4, 0.5) is 4.79 Å². The summed E-state index contributed by atoms with van der Waals surface area (Å²) in [7, 11) is 0. The van der Waals surface area contributed by atoms with Crippen molar-refractivity contribution < 1.29 is 9.90 Å². The SMILES string of the molecule is CC1CN(C2CCC(O)CC2)C(=O)N1. The van der Waals surface area contributed by atoms with Gasteiger partial charge >= 0.3 is 6.03 Å². The average molecular weight is 198 g/mol. The maximum Gasteiger partial charge on any atom is 0.317 e. The molecule has 1 saturated heterocycles. The van der Waals surface area contributed by atoms with Crippen LogP contribution in [-0.4, -0.2) is 40.8 Å². The molecule has 14 heavy (non-hydrogen) atoms. The fourth-order valence-electron chi connectivity index (χ4n) is 2.40. The summed E-state index contributed by atoms with van der Waals surface area (Å²) in [6.45, 7) is 2.84. The molecule has 0 spiro atoms. The summed E-state index contributed by atoms with van der Waals surface area (Å²) in [6, 6.07) is 0.691. The zero-order valence-electron chi connectivity index (χ0n) is 8.57. The van der Waals surface area contributed by atoms with Crippen LogP contribution in [-0.2, 0) is 0 Å². The zero-order chi connectivity index (χ0) is 10.1. The first kappa shape index (κ1) is 9.77. The minimum Gasteiger partial charge on any atom is -0.393 e. The van der Waals surface area contributed by atoms with Crippen molar-refractivity contribution in [3.05, 3.63) is 0 Å². The third-order valence-electron chi connectivity index (χ3n) is 3.21. The number of aliphatic hydroxyl groups is 1. The third kappa shape index (κ3) is 1.85. The van der Waals surface area contributed by atoms with Crippen molar-refractivity contribution in [1.29, 1.82) is 0 Å². The highest BCUT2D eigenvalue weighted by atomic mass is 16.3. The number of amides is 2. The van der Waals surface area contributed by atoms with Crippen molar-refractivity contribution in [2.75, 3.05) is 6.54 Å². The van der Waals surface area contributed by atoms with E-state index in [0.717, 1.165) is 32.2 Å². The van der Waals surface area contributed by atoms with E-state index >= 15 is 0 Å². The molecule has 1 aliphatic heterocycles. The Labute approximate surface area is 84.3 Å². The molecule has 1 atom stereocenters. The van der Waals surface area contributed by atoms with E-state index in [1.165, 1.54) is 0 Å². The summed E-state index contributed by atoms with van der Waals surface area (Å²) >= 11 is 0. The van der Waals surface area contributed by atoms with E-state index in [4.69, 9.17) is 0 Å². The molecule has 1 heterocycles. The van der Waals surface area contributed by atoms with Crippen LogP contribution in [0.5, 0.6) is 0 Å². The molecule has 1 saturated carbocycles. The third-order valence-corrected chi connectivity index (χ3v) is 3.21. The molecule has 0 radical (unpaired) electrons. The molecule has 0 aromatic carbocycles. The molecule has 2 rings (SSSR count). The second kappa shape index (κ2) is 3.77. The van der Waals surface area contributed by atoms with Gasteiger partial charge in [-0.2, -0.15) is 0 Å². The molecule has 4 heteroatoms. The first-order valence-corrected chi connectivity index (χ1v) is 5.42. The summed E-state index contributed by atoms with van der Waals surface area (Å²) in [5.74, 6) is 0. The summed E-state index contributed by atoms with van der Waals surface area (Å²) in [6.07, 6.45) is 3.42. The number of nitrogens with zero attached hydrogens (tertiary/aromatic N) is 1. The maximum atomic E-state index is 11.5. The fraction of sp³-hybridized carbons (Fsp3) is 0.900. The Kier molecular flexibility index (Phi) is 2.63. The van der Waals surface area contributed by atoms with Gasteiger partial charge in [0.25, 0.3) is 0 Å². The van der Waals surface area contributed by atoms with Gasteiger partial charge in [-0.15, -0.1) is 0 Å². The number of hydrogen-bond donors (Lipinski definition) is 2. The number of carbonyl (C=O) groups excluding carboxylic acids is 1. The Balaban J connectivity index is 1.92. The minimum absolute atomic E-state index is 0.0684. The van der Waals surface area contributed by atoms with Crippen molar-refractivity contribution >= 4 is 6.03 Å². The van der Waals surface area contributed by atoms with Crippen molar-refractivity contribution in [3.63, 3.8) is 0 Å². The van der Waals surface area contributed by atoms with E-state index in [0.29, 0.717) is 6.04 Å². The minimum atomic E-state index is -0.144. The lowest BCUT2D eigenvalue weighted by atomic mass is 9.92. The van der Waals surface area contributed by atoms with E-state index in [1.54, 1.807) is 0 Å². The molecule has 2 aliphatic rings. The van der Waals surface area contributed by atoms with Gasteiger partial charge in [0, 0.05) is 18.6 Å². The van der Waals surface area contributed by atoms with Crippen LogP contribution in [0.2, 0.25) is 0 Å². The highest BCUT2D eigenvalue weighted by molar-refractivity contribution is 5.77. The van der Waals surface area contributed by atoms with Gasteiger partial charge in [0.2, 0.25) is 0 Å². The molecule has 80 valence electrons. The van der Waals surface area contributed by atoms with Gasteiger partial charge in [-0.25, -0.2) is 4.79 Å². The molecular formula is C10H18N2O2. The van der Waals surface area contributed by atoms with Crippen LogP contribution >= 0.6 is 0 Å². The Morgan fingerprint density at radius 2 is 2.00 bits per heavy atom. The lowest BCUT2D eigenvalue weighted by Crippen LogP contribution is -2.41. The number of aliphatic hydroxyl groups excluding tert-OH is 1. The normalized spacial score (nSPS) is 38.6. The Bertz CT molecular complexity index is 224. The molecule has 1 aliphatic carbocycles. The second-order valence-corrected chi connectivity index (χ2v) is 4.47. The van der Waals surface area contributed by atoms with Crippen molar-refractivity contribution in [3.8, 4) is 0 Å². The van der Waals surface area contributed by atoms with Gasteiger partial charge in [-0.1, -0.05) is 0 Å². The lowest BCUT2D eigenvalue weighted by Gasteiger charge is -2.32. The lowest BCUT2D eigenvalue weighted by molar-refractivity contribution is 0.0908. The summed E-state index contributed by atoms with van der Waals surface area (Å²) in [5, 5.41) is 12.3. The summed E-state index contributed by atoms with van der Waals surface area (Å²) in [5.41, 5.74) is 0. The molecule has 4 nitrogen and oxygen atoms in total. The zero-order valence-corrected chi connectivity index (χ0v) is 8.57. The van der Waals surface area contributed by atoms with E-state index in [2.05, 4.69) is 5.32 Å². The van der Waals surface area contributed by atoms with Crippen molar-refractivity contribution in [2.45, 2.75) is 50.8 Å². The van der Waals surface area contributed by atoms with Gasteiger partial charge in [-0.3, -0.25) is 0 Å². The molecule has 2 amide bonds. The predicted octanol–water partition coefficient (Wildman–Crippen LogP) is 0.704. The summed E-state index contributed by atoms with van der Waals surface area (Å²) in [4.78, 5) is 13.4. The van der Waals surface area contributed by atoms with E-state index in [-0.39, 0.29) is 18.2 Å². The Hall–Kier alpha value is -0.770. The largest absolute Gasteiger partial charge is 0.393 e. The van der Waals surface area contributed by atoms with Crippen LogP contribution in [0, 0.1) is 0 Å². The topological polar surface area (TPSA) is 52.6 Å². The highest BCUT2D eigenvalue weighted by Gasteiger charge is 2.33. The van der Waals surface area contributed by atoms with Crippen LogP contribution in [0.25, 0.3) is 0 Å². The van der Waals surface area contributed by atoms with Gasteiger partial charge in [0.15, 0.2) is 0 Å². The number of nitrogens with one attached hydrogen (secondary N) is 1. The standard InChI is InChI=1S/C10H18N2O2/c1-7-6-12(10(14)11-7)8-2-4-9(13)5-3-8/h7-9,13H,2-6H2,1H3,(H,11,14). The Morgan fingerprint density at radius 1 is 1.36 bits per heavy atom. The fourth-order valence-corrected chi connectivity index (χ4v) is 2.40. The molecule has 0 bridgehead atoms. The molecule has 2 N–H and O–H groups in total. The van der Waals surface area contributed by atoms with Gasteiger partial charge in [0.1, 0.15) is 0 Å². The first-order chi connectivity index (χ1) is 6.66. The molecule has 2 fully saturated rings. The maximum absolute atomic E-state index is 11.5. The predicted molar refractivity (Wildman–Crippen MR) is 53.0 cm³/mol.